The van der Waals surface area contributed by atoms with Gasteiger partial charge in [0, 0.05) is 18.6 Å². The van der Waals surface area contributed by atoms with Gasteiger partial charge in [-0.2, -0.15) is 0 Å². The van der Waals surface area contributed by atoms with Crippen molar-refractivity contribution < 1.29 is 0 Å². The Labute approximate surface area is 113 Å². The predicted octanol–water partition coefficient (Wildman–Crippen LogP) is 2.20. The number of hydrogen-bond acceptors (Lipinski definition) is 3. The molecule has 1 atom stereocenters. The number of amidine groups is 1. The van der Waals surface area contributed by atoms with E-state index in [1.54, 1.807) is 6.08 Å². The Morgan fingerprint density at radius 3 is 2.78 bits per heavy atom. The molecule has 3 N–H and O–H groups in total. The van der Waals surface area contributed by atoms with Crippen LogP contribution in [-0.4, -0.2) is 41.1 Å². The van der Waals surface area contributed by atoms with Gasteiger partial charge < -0.3 is 10.2 Å². The van der Waals surface area contributed by atoms with E-state index in [9.17, 15) is 0 Å². The summed E-state index contributed by atoms with van der Waals surface area (Å²) >= 11 is 5.45. The molecule has 0 bridgehead atoms. The van der Waals surface area contributed by atoms with Gasteiger partial charge in [0.1, 0.15) is 11.0 Å². The summed E-state index contributed by atoms with van der Waals surface area (Å²) in [6.07, 6.45) is 6.85. The number of halogens is 1. The van der Waals surface area contributed by atoms with Crippen LogP contribution in [0.2, 0.25) is 0 Å². The maximum atomic E-state index is 7.94. The van der Waals surface area contributed by atoms with Crippen molar-refractivity contribution in [3.8, 4) is 0 Å². The molecule has 1 aliphatic heterocycles. The fraction of sp³-hybridized carbons (Fsp3) is 0.692. The maximum Gasteiger partial charge on any atom is 0.120 e. The highest BCUT2D eigenvalue weighted by molar-refractivity contribution is 6.67. The molecule has 100 valence electrons. The lowest BCUT2D eigenvalue weighted by atomic mass is 10.0. The summed E-state index contributed by atoms with van der Waals surface area (Å²) in [4.78, 5) is 2.04. The zero-order valence-electron chi connectivity index (χ0n) is 10.8. The molecule has 1 heterocycles. The van der Waals surface area contributed by atoms with Crippen LogP contribution in [0, 0.1) is 16.7 Å². The van der Waals surface area contributed by atoms with E-state index < -0.39 is 0 Å². The lowest BCUT2D eigenvalue weighted by Gasteiger charge is -2.26. The van der Waals surface area contributed by atoms with Crippen LogP contribution in [0.25, 0.3) is 0 Å². The van der Waals surface area contributed by atoms with Gasteiger partial charge >= 0.3 is 0 Å². The molecule has 0 aromatic rings. The molecule has 0 aromatic heterocycles. The third kappa shape index (κ3) is 3.82. The largest absolute Gasteiger partial charge is 0.355 e. The standard InChI is InChI=1S/C13H21ClN4/c1-13(17-8-10-2-3-10)6-7-18(9-13)12(16)5-4-11(14)15/h4-5,10,15-17H,2-3,6-9H2,1H3/b5-4-,15-11?,16-12?. The van der Waals surface area contributed by atoms with E-state index in [1.807, 2.05) is 4.90 Å². The highest BCUT2D eigenvalue weighted by Gasteiger charge is 2.35. The molecule has 4 nitrogen and oxygen atoms in total. The number of nitrogens with zero attached hydrogens (tertiary/aromatic N) is 1. The number of allylic oxidation sites excluding steroid dienone is 1. The molecule has 18 heavy (non-hydrogen) atoms. The summed E-state index contributed by atoms with van der Waals surface area (Å²) in [6.45, 7) is 5.10. The van der Waals surface area contributed by atoms with E-state index in [0.29, 0.717) is 5.84 Å². The Hall–Kier alpha value is -0.870. The molecule has 1 aliphatic carbocycles. The molecule has 2 fully saturated rings. The monoisotopic (exact) mass is 268 g/mol. The zero-order valence-corrected chi connectivity index (χ0v) is 11.6. The highest BCUT2D eigenvalue weighted by Crippen LogP contribution is 2.29. The lowest BCUT2D eigenvalue weighted by Crippen LogP contribution is -2.46. The van der Waals surface area contributed by atoms with E-state index in [1.165, 1.54) is 18.9 Å². The number of likely N-dealkylation sites (tertiary alicyclic amines) is 1. The Balaban J connectivity index is 1.82. The van der Waals surface area contributed by atoms with E-state index in [0.717, 1.165) is 32.0 Å². The molecule has 0 spiro atoms. The lowest BCUT2D eigenvalue weighted by molar-refractivity contribution is 0.356. The van der Waals surface area contributed by atoms with E-state index in [4.69, 9.17) is 22.4 Å². The van der Waals surface area contributed by atoms with Crippen molar-refractivity contribution in [2.24, 2.45) is 5.92 Å². The first-order valence-corrected chi connectivity index (χ1v) is 6.87. The van der Waals surface area contributed by atoms with E-state index >= 15 is 0 Å². The SMILES string of the molecule is CC1(NCC2CC2)CCN(C(=N)/C=C\C(=N)Cl)C1. The van der Waals surface area contributed by atoms with Crippen molar-refractivity contribution in [2.75, 3.05) is 19.6 Å². The fourth-order valence-corrected chi connectivity index (χ4v) is 2.34. The topological polar surface area (TPSA) is 63.0 Å². The zero-order chi connectivity index (χ0) is 13.2. The first-order chi connectivity index (χ1) is 8.48. The predicted molar refractivity (Wildman–Crippen MR) is 75.8 cm³/mol. The van der Waals surface area contributed by atoms with Crippen LogP contribution in [0.3, 0.4) is 0 Å². The molecule has 1 saturated carbocycles. The molecule has 0 aromatic carbocycles. The minimum absolute atomic E-state index is 0.0337. The van der Waals surface area contributed by atoms with Crippen LogP contribution in [0.4, 0.5) is 0 Å². The minimum atomic E-state index is -0.0337. The van der Waals surface area contributed by atoms with Crippen molar-refractivity contribution in [3.05, 3.63) is 12.2 Å². The molecular weight excluding hydrogens is 248 g/mol. The van der Waals surface area contributed by atoms with E-state index in [2.05, 4.69) is 12.2 Å². The van der Waals surface area contributed by atoms with Gasteiger partial charge in [0.25, 0.3) is 0 Å². The molecule has 0 amide bonds. The summed E-state index contributed by atoms with van der Waals surface area (Å²) < 4.78 is 0. The average molecular weight is 269 g/mol. The van der Waals surface area contributed by atoms with E-state index in [-0.39, 0.29) is 10.7 Å². The fourth-order valence-electron chi connectivity index (χ4n) is 2.28. The molecule has 1 unspecified atom stereocenters. The van der Waals surface area contributed by atoms with Crippen molar-refractivity contribution in [2.45, 2.75) is 31.7 Å². The highest BCUT2D eigenvalue weighted by atomic mass is 35.5. The normalized spacial score (nSPS) is 28.0. The van der Waals surface area contributed by atoms with Crippen LogP contribution in [0.15, 0.2) is 12.2 Å². The van der Waals surface area contributed by atoms with Crippen LogP contribution >= 0.6 is 11.6 Å². The number of hydrogen-bond donors (Lipinski definition) is 3. The van der Waals surface area contributed by atoms with Gasteiger partial charge in [0.2, 0.25) is 0 Å². The second-order valence-corrected chi connectivity index (χ2v) is 6.03. The first kappa shape index (κ1) is 13.6. The Morgan fingerprint density at radius 1 is 1.44 bits per heavy atom. The average Bonchev–Trinajstić information content (AvgIpc) is 3.07. The summed E-state index contributed by atoms with van der Waals surface area (Å²) in [7, 11) is 0. The van der Waals surface area contributed by atoms with Crippen molar-refractivity contribution in [3.63, 3.8) is 0 Å². The molecule has 1 saturated heterocycles. The van der Waals surface area contributed by atoms with Crippen molar-refractivity contribution >= 4 is 22.6 Å². The molecule has 0 radical (unpaired) electrons. The molecule has 2 aliphatic rings. The van der Waals surface area contributed by atoms with Crippen LogP contribution in [-0.2, 0) is 0 Å². The molecule has 2 rings (SSSR count). The van der Waals surface area contributed by atoms with Crippen LogP contribution in [0.5, 0.6) is 0 Å². The third-order valence-corrected chi connectivity index (χ3v) is 3.84. The minimum Gasteiger partial charge on any atom is -0.355 e. The Morgan fingerprint density at radius 2 is 2.17 bits per heavy atom. The van der Waals surface area contributed by atoms with Gasteiger partial charge in [-0.25, -0.2) is 0 Å². The van der Waals surface area contributed by atoms with Gasteiger partial charge in [0.05, 0.1) is 0 Å². The first-order valence-electron chi connectivity index (χ1n) is 6.49. The smallest absolute Gasteiger partial charge is 0.120 e. The van der Waals surface area contributed by atoms with Gasteiger partial charge in [-0.1, -0.05) is 11.6 Å². The third-order valence-electron chi connectivity index (χ3n) is 3.72. The molecule has 5 heteroatoms. The van der Waals surface area contributed by atoms with Crippen LogP contribution < -0.4 is 5.32 Å². The second-order valence-electron chi connectivity index (χ2n) is 5.62. The summed E-state index contributed by atoms with van der Waals surface area (Å²) in [5, 5.41) is 18.7. The summed E-state index contributed by atoms with van der Waals surface area (Å²) in [6, 6.07) is 0. The second kappa shape index (κ2) is 5.41. The quantitative estimate of drug-likeness (QED) is 0.529. The van der Waals surface area contributed by atoms with Gasteiger partial charge in [-0.05, 0) is 50.8 Å². The number of rotatable bonds is 5. The Kier molecular flexibility index (Phi) is 4.07. The van der Waals surface area contributed by atoms with Crippen molar-refractivity contribution in [1.82, 2.24) is 10.2 Å². The Bertz CT molecular complexity index is 375. The maximum absolute atomic E-state index is 7.94. The van der Waals surface area contributed by atoms with Crippen LogP contribution in [0.1, 0.15) is 26.2 Å². The summed E-state index contributed by atoms with van der Waals surface area (Å²) in [5.41, 5.74) is 0.122. The summed E-state index contributed by atoms with van der Waals surface area (Å²) in [5.74, 6) is 1.32. The molecular formula is C13H21ClN4. The van der Waals surface area contributed by atoms with Gasteiger partial charge in [0.15, 0.2) is 0 Å². The number of nitrogens with one attached hydrogen (secondary N) is 3. The van der Waals surface area contributed by atoms with Crippen molar-refractivity contribution in [1.29, 1.82) is 10.8 Å². The van der Waals surface area contributed by atoms with Gasteiger partial charge in [-0.15, -0.1) is 0 Å². The van der Waals surface area contributed by atoms with Gasteiger partial charge in [-0.3, -0.25) is 10.8 Å².